The number of esters is 1. The van der Waals surface area contributed by atoms with Crippen molar-refractivity contribution in [1.82, 2.24) is 5.32 Å². The van der Waals surface area contributed by atoms with Crippen molar-refractivity contribution in [2.24, 2.45) is 0 Å². The molecule has 0 spiro atoms. The summed E-state index contributed by atoms with van der Waals surface area (Å²) in [5.41, 5.74) is 5.54. The second-order valence-corrected chi connectivity index (χ2v) is 10.5. The highest BCUT2D eigenvalue weighted by Gasteiger charge is 2.44. The van der Waals surface area contributed by atoms with Crippen LogP contribution in [0.5, 0.6) is 5.75 Å². The number of carbonyl (C=O) groups is 2. The van der Waals surface area contributed by atoms with E-state index in [1.54, 1.807) is 6.92 Å². The number of rotatable bonds is 6. The van der Waals surface area contributed by atoms with E-state index in [0.29, 0.717) is 34.8 Å². The van der Waals surface area contributed by atoms with Gasteiger partial charge in [-0.15, -0.1) is 0 Å². The molecule has 0 saturated carbocycles. The van der Waals surface area contributed by atoms with Gasteiger partial charge in [0.1, 0.15) is 12.4 Å². The second kappa shape index (κ2) is 10.2. The number of Topliss-reactive ketones (excluding diaryl/α,β-unsaturated/α-hetero) is 1. The normalized spacial score (nSPS) is 16.2. The van der Waals surface area contributed by atoms with Gasteiger partial charge in [0.05, 0.1) is 23.8 Å². The molecule has 0 aromatic heterocycles. The smallest absolute Gasteiger partial charge is 0.336 e. The van der Waals surface area contributed by atoms with Gasteiger partial charge in [-0.1, -0.05) is 82.7 Å². The van der Waals surface area contributed by atoms with E-state index in [1.807, 2.05) is 67.6 Å². The van der Waals surface area contributed by atoms with Crippen LogP contribution in [0.15, 0.2) is 106 Å². The average Bonchev–Trinajstić information content (AvgIpc) is 3.23. The molecule has 0 radical (unpaired) electrons. The topological polar surface area (TPSA) is 64.6 Å². The van der Waals surface area contributed by atoms with Gasteiger partial charge in [-0.05, 0) is 48.4 Å². The summed E-state index contributed by atoms with van der Waals surface area (Å²) in [4.78, 5) is 27.2. The molecule has 5 nitrogen and oxygen atoms in total. The first kappa shape index (κ1) is 25.1. The highest BCUT2D eigenvalue weighted by molar-refractivity contribution is 9.10. The molecule has 39 heavy (non-hydrogen) atoms. The third-order valence-corrected chi connectivity index (χ3v) is 7.78. The highest BCUT2D eigenvalue weighted by Crippen LogP contribution is 2.49. The standard InChI is InChI=1S/C33H26BrNO4/c1-3-38-33(37)28-19(2)35-31-24-13-6-7-14-25(24)32(36)30(31)29(28)26-17-22(34)15-16-27(26)39-18-21-11-8-10-20-9-4-5-12-23(20)21/h4-17,29,35H,3,18H2,1-2H3/t29-/m0/s1. The number of ether oxygens (including phenoxy) is 2. The minimum Gasteiger partial charge on any atom is -0.489 e. The molecule has 0 unspecified atom stereocenters. The lowest BCUT2D eigenvalue weighted by Gasteiger charge is -2.30. The fourth-order valence-electron chi connectivity index (χ4n) is 5.57. The number of dihydropyridines is 1. The highest BCUT2D eigenvalue weighted by atomic mass is 79.9. The van der Waals surface area contributed by atoms with Gasteiger partial charge in [-0.25, -0.2) is 4.79 Å². The number of benzene rings is 4. The van der Waals surface area contributed by atoms with Gasteiger partial charge in [0.25, 0.3) is 0 Å². The Kier molecular flexibility index (Phi) is 6.57. The number of halogens is 1. The van der Waals surface area contributed by atoms with Crippen molar-refractivity contribution in [2.45, 2.75) is 26.4 Å². The Balaban J connectivity index is 1.48. The molecule has 0 saturated heterocycles. The summed E-state index contributed by atoms with van der Waals surface area (Å²) in [5, 5.41) is 5.61. The molecule has 0 bridgehead atoms. The lowest BCUT2D eigenvalue weighted by Crippen LogP contribution is -2.29. The largest absolute Gasteiger partial charge is 0.489 e. The molecule has 4 aromatic carbocycles. The first-order valence-electron chi connectivity index (χ1n) is 12.9. The van der Waals surface area contributed by atoms with Crippen LogP contribution in [0.4, 0.5) is 0 Å². The Morgan fingerprint density at radius 2 is 1.69 bits per heavy atom. The molecular weight excluding hydrogens is 554 g/mol. The number of hydrogen-bond acceptors (Lipinski definition) is 5. The summed E-state index contributed by atoms with van der Waals surface area (Å²) in [6.45, 7) is 4.19. The van der Waals surface area contributed by atoms with Crippen LogP contribution >= 0.6 is 15.9 Å². The molecule has 6 rings (SSSR count). The van der Waals surface area contributed by atoms with Crippen LogP contribution in [0, 0.1) is 0 Å². The summed E-state index contributed by atoms with van der Waals surface area (Å²) in [6, 6.07) is 27.6. The van der Waals surface area contributed by atoms with Crippen LogP contribution in [0.1, 0.15) is 46.8 Å². The lowest BCUT2D eigenvalue weighted by atomic mass is 9.79. The number of hydrogen-bond donors (Lipinski definition) is 1. The zero-order chi connectivity index (χ0) is 27.1. The zero-order valence-electron chi connectivity index (χ0n) is 21.6. The minimum absolute atomic E-state index is 0.104. The van der Waals surface area contributed by atoms with Gasteiger partial charge in [-0.3, -0.25) is 4.79 Å². The third kappa shape index (κ3) is 4.35. The number of nitrogens with one attached hydrogen (secondary N) is 1. The van der Waals surface area contributed by atoms with E-state index in [2.05, 4.69) is 45.5 Å². The lowest BCUT2D eigenvalue weighted by molar-refractivity contribution is -0.138. The Morgan fingerprint density at radius 3 is 2.51 bits per heavy atom. The van der Waals surface area contributed by atoms with Gasteiger partial charge in [0.15, 0.2) is 5.78 Å². The molecule has 1 heterocycles. The van der Waals surface area contributed by atoms with Crippen molar-refractivity contribution in [2.75, 3.05) is 6.61 Å². The Bertz CT molecular complexity index is 1710. The summed E-state index contributed by atoms with van der Waals surface area (Å²) >= 11 is 3.61. The number of allylic oxidation sites excluding steroid dienone is 2. The van der Waals surface area contributed by atoms with Crippen molar-refractivity contribution in [3.8, 4) is 5.75 Å². The van der Waals surface area contributed by atoms with Crippen LogP contribution in [0.2, 0.25) is 0 Å². The summed E-state index contributed by atoms with van der Waals surface area (Å²) < 4.78 is 12.8. The maximum absolute atomic E-state index is 13.8. The molecule has 0 fully saturated rings. The van der Waals surface area contributed by atoms with Crippen molar-refractivity contribution in [3.63, 3.8) is 0 Å². The maximum atomic E-state index is 13.8. The Hall–Kier alpha value is -4.16. The van der Waals surface area contributed by atoms with E-state index < -0.39 is 11.9 Å². The van der Waals surface area contributed by atoms with E-state index in [4.69, 9.17) is 9.47 Å². The van der Waals surface area contributed by atoms with Gasteiger partial charge in [0, 0.05) is 32.4 Å². The first-order chi connectivity index (χ1) is 19.0. The Labute approximate surface area is 235 Å². The quantitative estimate of drug-likeness (QED) is 0.242. The fourth-order valence-corrected chi connectivity index (χ4v) is 5.95. The van der Waals surface area contributed by atoms with Crippen molar-refractivity contribution < 1.29 is 19.1 Å². The molecular formula is C33H26BrNO4. The molecule has 1 aliphatic heterocycles. The summed E-state index contributed by atoms with van der Waals surface area (Å²) in [7, 11) is 0. The summed E-state index contributed by atoms with van der Waals surface area (Å²) in [5.74, 6) is -0.626. The molecule has 2 aliphatic rings. The van der Waals surface area contributed by atoms with Crippen LogP contribution in [-0.2, 0) is 16.1 Å². The van der Waals surface area contributed by atoms with E-state index in [0.717, 1.165) is 37.6 Å². The van der Waals surface area contributed by atoms with Crippen LogP contribution in [0.3, 0.4) is 0 Å². The molecule has 6 heteroatoms. The van der Waals surface area contributed by atoms with E-state index in [9.17, 15) is 9.59 Å². The Morgan fingerprint density at radius 1 is 0.949 bits per heavy atom. The minimum atomic E-state index is -0.666. The monoisotopic (exact) mass is 579 g/mol. The van der Waals surface area contributed by atoms with Gasteiger partial charge in [-0.2, -0.15) is 0 Å². The fraction of sp³-hybridized carbons (Fsp3) is 0.152. The number of carbonyl (C=O) groups excluding carboxylic acids is 2. The van der Waals surface area contributed by atoms with E-state index in [1.165, 1.54) is 0 Å². The SMILES string of the molecule is CCOC(=O)C1=C(C)NC2=C(C(=O)c3ccccc32)[C@H]1c1cc(Br)ccc1OCc1cccc2ccccc12. The zero-order valence-corrected chi connectivity index (χ0v) is 23.2. The number of fused-ring (bicyclic) bond motifs is 3. The van der Waals surface area contributed by atoms with Gasteiger partial charge in [0.2, 0.25) is 0 Å². The average molecular weight is 580 g/mol. The molecule has 0 amide bonds. The van der Waals surface area contributed by atoms with Gasteiger partial charge >= 0.3 is 5.97 Å². The number of ketones is 1. The van der Waals surface area contributed by atoms with Crippen molar-refractivity contribution >= 4 is 44.2 Å². The van der Waals surface area contributed by atoms with E-state index >= 15 is 0 Å². The van der Waals surface area contributed by atoms with Crippen molar-refractivity contribution in [1.29, 1.82) is 0 Å². The van der Waals surface area contributed by atoms with Gasteiger partial charge < -0.3 is 14.8 Å². The third-order valence-electron chi connectivity index (χ3n) is 7.29. The van der Waals surface area contributed by atoms with Crippen molar-refractivity contribution in [3.05, 3.63) is 128 Å². The molecule has 1 N–H and O–H groups in total. The van der Waals surface area contributed by atoms with E-state index in [-0.39, 0.29) is 12.4 Å². The van der Waals surface area contributed by atoms with Crippen LogP contribution < -0.4 is 10.1 Å². The predicted molar refractivity (Wildman–Crippen MR) is 155 cm³/mol. The molecule has 4 aromatic rings. The molecule has 1 aliphatic carbocycles. The second-order valence-electron chi connectivity index (χ2n) is 9.59. The molecule has 1 atom stereocenters. The first-order valence-corrected chi connectivity index (χ1v) is 13.7. The summed E-state index contributed by atoms with van der Waals surface area (Å²) in [6.07, 6.45) is 0. The molecule has 194 valence electrons. The van der Waals surface area contributed by atoms with Crippen LogP contribution in [-0.4, -0.2) is 18.4 Å². The predicted octanol–water partition coefficient (Wildman–Crippen LogP) is 7.31. The maximum Gasteiger partial charge on any atom is 0.336 e. The van der Waals surface area contributed by atoms with Crippen LogP contribution in [0.25, 0.3) is 16.5 Å².